The zero-order valence-electron chi connectivity index (χ0n) is 14.4. The molecule has 1 saturated heterocycles. The summed E-state index contributed by atoms with van der Waals surface area (Å²) in [4.78, 5) is 26.0. The van der Waals surface area contributed by atoms with Gasteiger partial charge in [0.05, 0.1) is 7.11 Å². The number of benzene rings is 2. The van der Waals surface area contributed by atoms with Gasteiger partial charge in [0, 0.05) is 41.8 Å². The maximum Gasteiger partial charge on any atom is 0.319 e. The third-order valence-corrected chi connectivity index (χ3v) is 4.49. The highest BCUT2D eigenvalue weighted by Gasteiger charge is 2.30. The fourth-order valence-corrected chi connectivity index (χ4v) is 3.00. The minimum Gasteiger partial charge on any atom is -0.497 e. The van der Waals surface area contributed by atoms with E-state index in [0.717, 1.165) is 11.4 Å². The Morgan fingerprint density at radius 1 is 1.19 bits per heavy atom. The molecule has 26 heavy (non-hydrogen) atoms. The molecule has 0 unspecified atom stereocenters. The number of nitrogens with zero attached hydrogens (tertiary/aromatic N) is 1. The summed E-state index contributed by atoms with van der Waals surface area (Å²) in [6.07, 6.45) is 0.408. The summed E-state index contributed by atoms with van der Waals surface area (Å²) in [5.41, 5.74) is 1.50. The predicted molar refractivity (Wildman–Crippen MR) is 102 cm³/mol. The van der Waals surface area contributed by atoms with Crippen molar-refractivity contribution in [3.8, 4) is 5.75 Å². The van der Waals surface area contributed by atoms with Gasteiger partial charge in [-0.3, -0.25) is 4.79 Å². The predicted octanol–water partition coefficient (Wildman–Crippen LogP) is 3.52. The third kappa shape index (κ3) is 4.46. The molecule has 1 atom stereocenters. The molecule has 1 fully saturated rings. The van der Waals surface area contributed by atoms with Crippen molar-refractivity contribution in [3.05, 3.63) is 53.6 Å². The van der Waals surface area contributed by atoms with Crippen LogP contribution in [-0.4, -0.2) is 32.1 Å². The molecule has 0 aromatic heterocycles. The van der Waals surface area contributed by atoms with Crippen molar-refractivity contribution in [1.82, 2.24) is 5.32 Å². The van der Waals surface area contributed by atoms with Gasteiger partial charge in [-0.25, -0.2) is 4.79 Å². The fourth-order valence-electron chi connectivity index (χ4n) is 2.88. The maximum absolute atomic E-state index is 12.2. The van der Waals surface area contributed by atoms with Crippen molar-refractivity contribution < 1.29 is 14.3 Å². The highest BCUT2D eigenvalue weighted by molar-refractivity contribution is 6.30. The lowest BCUT2D eigenvalue weighted by molar-refractivity contribution is -0.117. The number of anilines is 2. The van der Waals surface area contributed by atoms with Crippen LogP contribution in [0.3, 0.4) is 0 Å². The van der Waals surface area contributed by atoms with Crippen LogP contribution in [0.5, 0.6) is 5.75 Å². The van der Waals surface area contributed by atoms with Gasteiger partial charge in [-0.1, -0.05) is 11.6 Å². The van der Waals surface area contributed by atoms with Gasteiger partial charge in [0.15, 0.2) is 0 Å². The van der Waals surface area contributed by atoms with E-state index in [1.165, 1.54) is 0 Å². The normalized spacial score (nSPS) is 16.5. The second kappa shape index (κ2) is 8.10. The van der Waals surface area contributed by atoms with Gasteiger partial charge in [0.25, 0.3) is 0 Å². The van der Waals surface area contributed by atoms with Crippen LogP contribution in [0.4, 0.5) is 16.2 Å². The summed E-state index contributed by atoms with van der Waals surface area (Å²) >= 11 is 5.89. The number of amides is 3. The molecule has 3 rings (SSSR count). The molecule has 2 N–H and O–H groups in total. The monoisotopic (exact) mass is 373 g/mol. The molecule has 7 heteroatoms. The second-order valence-electron chi connectivity index (χ2n) is 6.11. The van der Waals surface area contributed by atoms with Crippen molar-refractivity contribution in [3.63, 3.8) is 0 Å². The Morgan fingerprint density at radius 3 is 2.54 bits per heavy atom. The molecule has 1 aliphatic rings. The molecule has 0 spiro atoms. The van der Waals surface area contributed by atoms with E-state index in [0.29, 0.717) is 30.2 Å². The number of hydrogen-bond donors (Lipinski definition) is 2. The summed E-state index contributed by atoms with van der Waals surface area (Å²) in [6.45, 7) is 1.00. The Balaban J connectivity index is 1.49. The number of ether oxygens (including phenoxy) is 1. The molecular weight excluding hydrogens is 354 g/mol. The molecule has 2 aromatic rings. The molecule has 1 heterocycles. The summed E-state index contributed by atoms with van der Waals surface area (Å²) < 4.78 is 5.08. The minimum atomic E-state index is -0.299. The van der Waals surface area contributed by atoms with Crippen LogP contribution in [0.25, 0.3) is 0 Å². The number of nitrogens with one attached hydrogen (secondary N) is 2. The summed E-state index contributed by atoms with van der Waals surface area (Å²) in [5, 5.41) is 6.21. The lowest BCUT2D eigenvalue weighted by atomic mass is 10.1. The lowest BCUT2D eigenvalue weighted by Gasteiger charge is -2.17. The van der Waals surface area contributed by atoms with Crippen LogP contribution >= 0.6 is 11.6 Å². The van der Waals surface area contributed by atoms with Crippen LogP contribution in [0.15, 0.2) is 48.5 Å². The molecule has 0 radical (unpaired) electrons. The fraction of sp³-hybridized carbons (Fsp3) is 0.263. The van der Waals surface area contributed by atoms with Crippen molar-refractivity contribution in [1.29, 1.82) is 0 Å². The van der Waals surface area contributed by atoms with Crippen LogP contribution in [0.1, 0.15) is 6.42 Å². The number of carbonyl (C=O) groups excluding carboxylic acids is 2. The van der Waals surface area contributed by atoms with Crippen LogP contribution in [-0.2, 0) is 4.79 Å². The van der Waals surface area contributed by atoms with E-state index < -0.39 is 0 Å². The number of methoxy groups -OCH3 is 1. The Hall–Kier alpha value is -2.73. The molecule has 0 saturated carbocycles. The first kappa shape index (κ1) is 18.1. The van der Waals surface area contributed by atoms with Crippen molar-refractivity contribution in [2.24, 2.45) is 5.92 Å². The zero-order chi connectivity index (χ0) is 18.5. The molecule has 0 aliphatic carbocycles. The standard InChI is InChI=1S/C19H20ClN3O3/c1-26-17-8-4-15(5-9-17)22-19(25)21-11-13-10-18(24)23(12-13)16-6-2-14(20)3-7-16/h2-9,13H,10-12H2,1H3,(H2,21,22,25)/t13-/m0/s1. The number of rotatable bonds is 5. The number of urea groups is 1. The van der Waals surface area contributed by atoms with Gasteiger partial charge < -0.3 is 20.3 Å². The van der Waals surface area contributed by atoms with Gasteiger partial charge in [0.2, 0.25) is 5.91 Å². The lowest BCUT2D eigenvalue weighted by Crippen LogP contribution is -2.34. The number of halogens is 1. The molecule has 2 aromatic carbocycles. The van der Waals surface area contributed by atoms with Crippen molar-refractivity contribution in [2.45, 2.75) is 6.42 Å². The third-order valence-electron chi connectivity index (χ3n) is 4.24. The van der Waals surface area contributed by atoms with E-state index >= 15 is 0 Å². The summed E-state index contributed by atoms with van der Waals surface area (Å²) in [6, 6.07) is 14.0. The second-order valence-corrected chi connectivity index (χ2v) is 6.55. The number of carbonyl (C=O) groups is 2. The van der Waals surface area contributed by atoms with Gasteiger partial charge >= 0.3 is 6.03 Å². The van der Waals surface area contributed by atoms with E-state index in [4.69, 9.17) is 16.3 Å². The summed E-state index contributed by atoms with van der Waals surface area (Å²) in [5.74, 6) is 0.845. The van der Waals surface area contributed by atoms with Gasteiger partial charge in [0.1, 0.15) is 5.75 Å². The van der Waals surface area contributed by atoms with Crippen molar-refractivity contribution >= 4 is 34.9 Å². The summed E-state index contributed by atoms with van der Waals surface area (Å²) in [7, 11) is 1.59. The first-order chi connectivity index (χ1) is 12.5. The topological polar surface area (TPSA) is 70.7 Å². The van der Waals surface area contributed by atoms with Crippen LogP contribution in [0.2, 0.25) is 5.02 Å². The van der Waals surface area contributed by atoms with Gasteiger partial charge in [-0.05, 0) is 48.5 Å². The molecular formula is C19H20ClN3O3. The SMILES string of the molecule is COc1ccc(NC(=O)NC[C@@H]2CC(=O)N(c3ccc(Cl)cc3)C2)cc1. The largest absolute Gasteiger partial charge is 0.497 e. The molecule has 0 bridgehead atoms. The van der Waals surface area contributed by atoms with E-state index in [1.54, 1.807) is 48.4 Å². The highest BCUT2D eigenvalue weighted by atomic mass is 35.5. The smallest absolute Gasteiger partial charge is 0.319 e. The molecule has 3 amide bonds. The highest BCUT2D eigenvalue weighted by Crippen LogP contribution is 2.26. The molecule has 136 valence electrons. The average Bonchev–Trinajstić information content (AvgIpc) is 3.02. The Morgan fingerprint density at radius 2 is 1.88 bits per heavy atom. The molecule has 6 nitrogen and oxygen atoms in total. The average molecular weight is 374 g/mol. The quantitative estimate of drug-likeness (QED) is 0.842. The maximum atomic E-state index is 12.2. The first-order valence-electron chi connectivity index (χ1n) is 8.30. The van der Waals surface area contributed by atoms with E-state index in [-0.39, 0.29) is 17.9 Å². The van der Waals surface area contributed by atoms with Crippen LogP contribution < -0.4 is 20.3 Å². The van der Waals surface area contributed by atoms with Gasteiger partial charge in [-0.2, -0.15) is 0 Å². The van der Waals surface area contributed by atoms with E-state index in [9.17, 15) is 9.59 Å². The van der Waals surface area contributed by atoms with E-state index in [1.807, 2.05) is 12.1 Å². The Bertz CT molecular complexity index is 778. The minimum absolute atomic E-state index is 0.0506. The van der Waals surface area contributed by atoms with Crippen LogP contribution in [0, 0.1) is 5.92 Å². The zero-order valence-corrected chi connectivity index (χ0v) is 15.1. The number of hydrogen-bond acceptors (Lipinski definition) is 3. The van der Waals surface area contributed by atoms with Gasteiger partial charge in [-0.15, -0.1) is 0 Å². The Kier molecular flexibility index (Phi) is 5.63. The Labute approximate surface area is 157 Å². The van der Waals surface area contributed by atoms with Crippen molar-refractivity contribution in [2.75, 3.05) is 30.4 Å². The first-order valence-corrected chi connectivity index (χ1v) is 8.68. The molecule has 1 aliphatic heterocycles. The van der Waals surface area contributed by atoms with E-state index in [2.05, 4.69) is 10.6 Å².